The summed E-state index contributed by atoms with van der Waals surface area (Å²) in [6.45, 7) is 0.799. The van der Waals surface area contributed by atoms with E-state index in [1.54, 1.807) is 11.0 Å². The molecule has 0 saturated carbocycles. The molecule has 0 aliphatic carbocycles. The van der Waals surface area contributed by atoms with Crippen molar-refractivity contribution in [1.82, 2.24) is 4.90 Å². The minimum atomic E-state index is -5.46. The number of nitrogens with one attached hydrogen (secondary N) is 1. The van der Waals surface area contributed by atoms with E-state index in [4.69, 9.17) is 0 Å². The second-order valence-electron chi connectivity index (χ2n) is 6.03. The van der Waals surface area contributed by atoms with Crippen molar-refractivity contribution in [3.63, 3.8) is 0 Å². The molecule has 0 saturated heterocycles. The Morgan fingerprint density at radius 1 is 1.11 bits per heavy atom. The van der Waals surface area contributed by atoms with E-state index in [0.717, 1.165) is 10.0 Å². The normalized spacial score (nSPS) is 14.8. The summed E-state index contributed by atoms with van der Waals surface area (Å²) in [7, 11) is -5.46. The van der Waals surface area contributed by atoms with Gasteiger partial charge in [0.2, 0.25) is 0 Å². The van der Waals surface area contributed by atoms with E-state index in [9.17, 15) is 26.4 Å². The van der Waals surface area contributed by atoms with Gasteiger partial charge >= 0.3 is 15.5 Å². The Labute approximate surface area is 162 Å². The van der Waals surface area contributed by atoms with Crippen molar-refractivity contribution in [2.45, 2.75) is 18.5 Å². The van der Waals surface area contributed by atoms with Crippen molar-refractivity contribution in [2.24, 2.45) is 0 Å². The van der Waals surface area contributed by atoms with E-state index in [1.165, 1.54) is 29.0 Å². The minimum Gasteiger partial charge on any atom is -0.334 e. The van der Waals surface area contributed by atoms with E-state index >= 15 is 0 Å². The van der Waals surface area contributed by atoms with Crippen molar-refractivity contribution in [1.29, 1.82) is 0 Å². The third kappa shape index (κ3) is 4.27. The van der Waals surface area contributed by atoms with Gasteiger partial charge in [0.05, 0.1) is 0 Å². The minimum absolute atomic E-state index is 0.126. The molecule has 0 radical (unpaired) electrons. The summed E-state index contributed by atoms with van der Waals surface area (Å²) in [5.41, 5.74) is -3.32. The number of rotatable bonds is 4. The summed E-state index contributed by atoms with van der Waals surface area (Å²) in [6.07, 6.45) is 0.706. The maximum Gasteiger partial charge on any atom is 0.516 e. The van der Waals surface area contributed by atoms with Crippen LogP contribution in [0.3, 0.4) is 0 Å². The number of alkyl halides is 3. The summed E-state index contributed by atoms with van der Waals surface area (Å²) in [5, 5.41) is 0. The Balaban J connectivity index is 1.71. The van der Waals surface area contributed by atoms with E-state index < -0.39 is 15.5 Å². The molecule has 0 spiro atoms. The lowest BCUT2D eigenvalue weighted by Crippen LogP contribution is -2.37. The number of halogens is 4. The molecule has 0 aromatic heterocycles. The standard InChI is InChI=1S/C17H14BrF3N2O3S/c18-13-4-3-12-7-8-23(16(24)15(12)9-13)10-11-1-5-14(6-2-11)22-27(25,26)17(19,20)21/h1-6,9,22H,7-8,10H2. The van der Waals surface area contributed by atoms with Crippen LogP contribution < -0.4 is 4.72 Å². The van der Waals surface area contributed by atoms with Gasteiger partial charge in [0, 0.05) is 28.8 Å². The van der Waals surface area contributed by atoms with Gasteiger partial charge in [-0.1, -0.05) is 34.1 Å². The molecule has 10 heteroatoms. The maximum absolute atomic E-state index is 12.6. The quantitative estimate of drug-likeness (QED) is 0.748. The number of nitrogens with zero attached hydrogens (tertiary/aromatic N) is 1. The smallest absolute Gasteiger partial charge is 0.334 e. The van der Waals surface area contributed by atoms with E-state index in [0.29, 0.717) is 24.1 Å². The van der Waals surface area contributed by atoms with Gasteiger partial charge in [0.1, 0.15) is 0 Å². The van der Waals surface area contributed by atoms with Crippen LogP contribution in [-0.4, -0.2) is 31.3 Å². The summed E-state index contributed by atoms with van der Waals surface area (Å²) in [6, 6.07) is 11.0. The van der Waals surface area contributed by atoms with Gasteiger partial charge in [-0.05, 0) is 41.8 Å². The number of hydrogen-bond donors (Lipinski definition) is 1. The van der Waals surface area contributed by atoms with Crippen LogP contribution in [0, 0.1) is 0 Å². The molecule has 3 rings (SSSR count). The molecule has 27 heavy (non-hydrogen) atoms. The fraction of sp³-hybridized carbons (Fsp3) is 0.235. The topological polar surface area (TPSA) is 66.5 Å². The predicted molar refractivity (Wildman–Crippen MR) is 97.6 cm³/mol. The monoisotopic (exact) mass is 462 g/mol. The molecule has 2 aromatic rings. The number of benzene rings is 2. The highest BCUT2D eigenvalue weighted by Crippen LogP contribution is 2.27. The first-order valence-electron chi connectivity index (χ1n) is 7.82. The Bertz CT molecular complexity index is 976. The third-order valence-electron chi connectivity index (χ3n) is 4.12. The first-order valence-corrected chi connectivity index (χ1v) is 10.1. The average molecular weight is 463 g/mol. The van der Waals surface area contributed by atoms with E-state index in [1.807, 2.05) is 12.1 Å². The average Bonchev–Trinajstić information content (AvgIpc) is 2.58. The highest BCUT2D eigenvalue weighted by atomic mass is 79.9. The third-order valence-corrected chi connectivity index (χ3v) is 5.73. The fourth-order valence-electron chi connectivity index (χ4n) is 2.76. The van der Waals surface area contributed by atoms with Crippen molar-refractivity contribution in [3.8, 4) is 0 Å². The first kappa shape index (κ1) is 19.7. The molecule has 1 aliphatic rings. The molecule has 1 heterocycles. The molecule has 2 aromatic carbocycles. The second-order valence-corrected chi connectivity index (χ2v) is 8.62. The SMILES string of the molecule is O=C1c2cc(Br)ccc2CCN1Cc1ccc(NS(=O)(=O)C(F)(F)F)cc1. The van der Waals surface area contributed by atoms with Gasteiger partial charge in [0.15, 0.2) is 0 Å². The lowest BCUT2D eigenvalue weighted by Gasteiger charge is -2.29. The molecule has 1 amide bonds. The number of hydrogen-bond acceptors (Lipinski definition) is 3. The largest absolute Gasteiger partial charge is 0.516 e. The van der Waals surface area contributed by atoms with Crippen molar-refractivity contribution >= 4 is 37.5 Å². The summed E-state index contributed by atoms with van der Waals surface area (Å²) in [5.74, 6) is -0.126. The zero-order valence-electron chi connectivity index (χ0n) is 13.8. The number of fused-ring (bicyclic) bond motifs is 1. The molecule has 0 fully saturated rings. The molecular formula is C17H14BrF3N2O3S. The van der Waals surface area contributed by atoms with Gasteiger partial charge in [-0.3, -0.25) is 9.52 Å². The molecule has 1 aliphatic heterocycles. The van der Waals surface area contributed by atoms with Gasteiger partial charge in [0.25, 0.3) is 5.91 Å². The predicted octanol–water partition coefficient (Wildman–Crippen LogP) is 3.91. The van der Waals surface area contributed by atoms with Crippen molar-refractivity contribution in [2.75, 3.05) is 11.3 Å². The van der Waals surface area contributed by atoms with Gasteiger partial charge in [-0.2, -0.15) is 21.6 Å². The lowest BCUT2D eigenvalue weighted by molar-refractivity contribution is -0.0429. The first-order chi connectivity index (χ1) is 12.6. The van der Waals surface area contributed by atoms with Gasteiger partial charge in [-0.25, -0.2) is 0 Å². The molecule has 0 unspecified atom stereocenters. The Morgan fingerprint density at radius 3 is 2.41 bits per heavy atom. The van der Waals surface area contributed by atoms with Crippen LogP contribution in [0.4, 0.5) is 18.9 Å². The van der Waals surface area contributed by atoms with Crippen LogP contribution in [0.15, 0.2) is 46.9 Å². The van der Waals surface area contributed by atoms with Crippen LogP contribution in [0.25, 0.3) is 0 Å². The summed E-state index contributed by atoms with van der Waals surface area (Å²) >= 11 is 3.34. The molecule has 0 bridgehead atoms. The molecule has 144 valence electrons. The number of anilines is 1. The van der Waals surface area contributed by atoms with Crippen molar-refractivity contribution < 1.29 is 26.4 Å². The molecule has 0 atom stereocenters. The van der Waals surface area contributed by atoms with Crippen LogP contribution in [0.2, 0.25) is 0 Å². The zero-order valence-corrected chi connectivity index (χ0v) is 16.2. The van der Waals surface area contributed by atoms with Gasteiger partial charge < -0.3 is 4.90 Å². The Hall–Kier alpha value is -2.07. The Kier molecular flexibility index (Phi) is 5.22. The molecule has 1 N–H and O–H groups in total. The number of carbonyl (C=O) groups excluding carboxylic acids is 1. The fourth-order valence-corrected chi connectivity index (χ4v) is 3.68. The molecular weight excluding hydrogens is 449 g/mol. The zero-order chi connectivity index (χ0) is 19.8. The number of carbonyl (C=O) groups is 1. The summed E-state index contributed by atoms with van der Waals surface area (Å²) in [4.78, 5) is 14.3. The van der Waals surface area contributed by atoms with E-state index in [-0.39, 0.29) is 18.1 Å². The highest BCUT2D eigenvalue weighted by molar-refractivity contribution is 9.10. The Morgan fingerprint density at radius 2 is 1.78 bits per heavy atom. The van der Waals surface area contributed by atoms with E-state index in [2.05, 4.69) is 15.9 Å². The van der Waals surface area contributed by atoms with Crippen LogP contribution in [0.5, 0.6) is 0 Å². The summed E-state index contributed by atoms with van der Waals surface area (Å²) < 4.78 is 61.7. The van der Waals surface area contributed by atoms with Crippen LogP contribution >= 0.6 is 15.9 Å². The number of amides is 1. The van der Waals surface area contributed by atoms with Gasteiger partial charge in [-0.15, -0.1) is 0 Å². The highest BCUT2D eigenvalue weighted by Gasteiger charge is 2.46. The van der Waals surface area contributed by atoms with Crippen LogP contribution in [-0.2, 0) is 23.0 Å². The van der Waals surface area contributed by atoms with Crippen LogP contribution in [0.1, 0.15) is 21.5 Å². The maximum atomic E-state index is 12.6. The second kappa shape index (κ2) is 7.16. The molecule has 5 nitrogen and oxygen atoms in total. The number of sulfonamides is 1. The van der Waals surface area contributed by atoms with Crippen molar-refractivity contribution in [3.05, 3.63) is 63.6 Å². The lowest BCUT2D eigenvalue weighted by atomic mass is 9.98.